The van der Waals surface area contributed by atoms with E-state index in [1.54, 1.807) is 6.92 Å². The maximum Gasteiger partial charge on any atom is 0.265 e. The molecule has 0 bridgehead atoms. The van der Waals surface area contributed by atoms with E-state index in [0.29, 0.717) is 12.1 Å². The standard InChI is InChI=1S/C21H33N3O2/c1-14(2)22-10-5-4-6-11-23-18-9-7-8-16-12-20-19(13-17(16)18)24-21(25)15(3)26-20/h12-15,18,22-23H,4-11H2,1-3H3,(H,24,25). The van der Waals surface area contributed by atoms with Gasteiger partial charge in [-0.15, -0.1) is 0 Å². The van der Waals surface area contributed by atoms with E-state index in [4.69, 9.17) is 4.74 Å². The Kier molecular flexibility index (Phi) is 6.54. The van der Waals surface area contributed by atoms with Crippen molar-refractivity contribution in [2.24, 2.45) is 0 Å². The number of hydrogen-bond donors (Lipinski definition) is 3. The van der Waals surface area contributed by atoms with Gasteiger partial charge in [-0.1, -0.05) is 20.3 Å². The van der Waals surface area contributed by atoms with Crippen LogP contribution < -0.4 is 20.7 Å². The molecule has 144 valence electrons. The summed E-state index contributed by atoms with van der Waals surface area (Å²) in [6.07, 6.45) is 6.72. The third-order valence-corrected chi connectivity index (χ3v) is 5.28. The molecule has 0 spiro atoms. The lowest BCUT2D eigenvalue weighted by Gasteiger charge is -2.30. The Morgan fingerprint density at radius 2 is 2.04 bits per heavy atom. The van der Waals surface area contributed by atoms with E-state index >= 15 is 0 Å². The van der Waals surface area contributed by atoms with Gasteiger partial charge < -0.3 is 20.7 Å². The molecule has 3 N–H and O–H groups in total. The quantitative estimate of drug-likeness (QED) is 0.621. The molecule has 3 rings (SSSR count). The summed E-state index contributed by atoms with van der Waals surface area (Å²) in [7, 11) is 0. The van der Waals surface area contributed by atoms with Crippen molar-refractivity contribution in [3.05, 3.63) is 23.3 Å². The molecule has 1 heterocycles. The number of ether oxygens (including phenoxy) is 1. The molecule has 5 nitrogen and oxygen atoms in total. The third kappa shape index (κ3) is 4.77. The number of unbranched alkanes of at least 4 members (excludes halogenated alkanes) is 2. The van der Waals surface area contributed by atoms with Crippen molar-refractivity contribution in [1.82, 2.24) is 10.6 Å². The van der Waals surface area contributed by atoms with Crippen molar-refractivity contribution in [3.63, 3.8) is 0 Å². The van der Waals surface area contributed by atoms with Gasteiger partial charge in [-0.25, -0.2) is 0 Å². The molecule has 0 saturated carbocycles. The molecule has 1 aromatic carbocycles. The number of rotatable bonds is 8. The molecule has 5 heteroatoms. The fraction of sp³-hybridized carbons (Fsp3) is 0.667. The Hall–Kier alpha value is -1.59. The van der Waals surface area contributed by atoms with Gasteiger partial charge in [0.05, 0.1) is 5.69 Å². The fourth-order valence-electron chi connectivity index (χ4n) is 3.81. The lowest BCUT2D eigenvalue weighted by molar-refractivity contribution is -0.122. The summed E-state index contributed by atoms with van der Waals surface area (Å²) in [5, 5.41) is 10.2. The summed E-state index contributed by atoms with van der Waals surface area (Å²) >= 11 is 0. The van der Waals surface area contributed by atoms with Gasteiger partial charge in [-0.05, 0) is 75.4 Å². The van der Waals surface area contributed by atoms with Crippen LogP contribution in [0.3, 0.4) is 0 Å². The number of fused-ring (bicyclic) bond motifs is 2. The summed E-state index contributed by atoms with van der Waals surface area (Å²) in [5.74, 6) is 0.752. The highest BCUT2D eigenvalue weighted by atomic mass is 16.5. The first-order valence-corrected chi connectivity index (χ1v) is 10.2. The van der Waals surface area contributed by atoms with Crippen molar-refractivity contribution in [2.75, 3.05) is 18.4 Å². The van der Waals surface area contributed by atoms with E-state index in [-0.39, 0.29) is 5.91 Å². The third-order valence-electron chi connectivity index (χ3n) is 5.28. The van der Waals surface area contributed by atoms with Crippen LogP contribution in [0.15, 0.2) is 12.1 Å². The number of hydrogen-bond acceptors (Lipinski definition) is 4. The first-order valence-electron chi connectivity index (χ1n) is 10.2. The Morgan fingerprint density at radius 3 is 2.85 bits per heavy atom. The molecular formula is C21H33N3O2. The minimum atomic E-state index is -0.414. The van der Waals surface area contributed by atoms with Gasteiger partial charge in [-0.3, -0.25) is 4.79 Å². The van der Waals surface area contributed by atoms with Crippen LogP contribution in [0.4, 0.5) is 5.69 Å². The maximum atomic E-state index is 11.9. The van der Waals surface area contributed by atoms with E-state index in [0.717, 1.165) is 37.4 Å². The number of carbonyl (C=O) groups excluding carboxylic acids is 1. The Morgan fingerprint density at radius 1 is 1.23 bits per heavy atom. The van der Waals surface area contributed by atoms with Crippen molar-refractivity contribution < 1.29 is 9.53 Å². The second-order valence-corrected chi connectivity index (χ2v) is 7.86. The predicted molar refractivity (Wildman–Crippen MR) is 106 cm³/mol. The Labute approximate surface area is 157 Å². The van der Waals surface area contributed by atoms with Crippen LogP contribution in [0.25, 0.3) is 0 Å². The van der Waals surface area contributed by atoms with E-state index in [9.17, 15) is 4.79 Å². The molecule has 1 aliphatic carbocycles. The SMILES string of the molecule is CC(C)NCCCCCNC1CCCc2cc3c(cc21)NC(=O)C(C)O3. The summed E-state index contributed by atoms with van der Waals surface area (Å²) in [4.78, 5) is 11.9. The van der Waals surface area contributed by atoms with Crippen molar-refractivity contribution in [3.8, 4) is 5.75 Å². The molecule has 0 radical (unpaired) electrons. The monoisotopic (exact) mass is 359 g/mol. The van der Waals surface area contributed by atoms with Crippen LogP contribution in [0.2, 0.25) is 0 Å². The number of amides is 1. The minimum absolute atomic E-state index is 0.0622. The molecule has 1 amide bonds. The average Bonchev–Trinajstić information content (AvgIpc) is 2.60. The molecule has 0 saturated heterocycles. The molecular weight excluding hydrogens is 326 g/mol. The zero-order valence-electron chi connectivity index (χ0n) is 16.4. The molecule has 2 aliphatic rings. The molecule has 0 fully saturated rings. The van der Waals surface area contributed by atoms with Gasteiger partial charge in [0.25, 0.3) is 5.91 Å². The fourth-order valence-corrected chi connectivity index (χ4v) is 3.81. The lowest BCUT2D eigenvalue weighted by atomic mass is 9.86. The number of benzene rings is 1. The summed E-state index contributed by atoms with van der Waals surface area (Å²) in [6, 6.07) is 5.21. The molecule has 0 aromatic heterocycles. The van der Waals surface area contributed by atoms with Crippen LogP contribution in [-0.4, -0.2) is 31.1 Å². The lowest BCUT2D eigenvalue weighted by Crippen LogP contribution is -2.35. The Bertz CT molecular complexity index is 630. The highest BCUT2D eigenvalue weighted by Crippen LogP contribution is 2.39. The van der Waals surface area contributed by atoms with E-state index < -0.39 is 6.10 Å². The van der Waals surface area contributed by atoms with Gasteiger partial charge in [0.15, 0.2) is 6.10 Å². The zero-order valence-corrected chi connectivity index (χ0v) is 16.4. The Balaban J connectivity index is 1.54. The largest absolute Gasteiger partial charge is 0.479 e. The number of aryl methyl sites for hydroxylation is 1. The smallest absolute Gasteiger partial charge is 0.265 e. The average molecular weight is 360 g/mol. The zero-order chi connectivity index (χ0) is 18.5. The highest BCUT2D eigenvalue weighted by Gasteiger charge is 2.28. The highest BCUT2D eigenvalue weighted by molar-refractivity contribution is 5.97. The molecule has 2 unspecified atom stereocenters. The predicted octanol–water partition coefficient (Wildman–Crippen LogP) is 3.54. The van der Waals surface area contributed by atoms with Gasteiger partial charge in [0, 0.05) is 12.1 Å². The molecule has 1 aromatic rings. The van der Waals surface area contributed by atoms with Crippen LogP contribution in [0, 0.1) is 0 Å². The van der Waals surface area contributed by atoms with Crippen LogP contribution >= 0.6 is 0 Å². The summed E-state index contributed by atoms with van der Waals surface area (Å²) in [5.41, 5.74) is 3.51. The summed E-state index contributed by atoms with van der Waals surface area (Å²) in [6.45, 7) is 8.32. The van der Waals surface area contributed by atoms with Crippen LogP contribution in [0.5, 0.6) is 5.75 Å². The van der Waals surface area contributed by atoms with Gasteiger partial charge >= 0.3 is 0 Å². The van der Waals surface area contributed by atoms with Gasteiger partial charge in [0.2, 0.25) is 0 Å². The second kappa shape index (κ2) is 8.87. The van der Waals surface area contributed by atoms with Gasteiger partial charge in [0.1, 0.15) is 5.75 Å². The molecule has 2 atom stereocenters. The first-order chi connectivity index (χ1) is 12.5. The van der Waals surface area contributed by atoms with Crippen molar-refractivity contribution >= 4 is 11.6 Å². The molecule has 26 heavy (non-hydrogen) atoms. The van der Waals surface area contributed by atoms with Gasteiger partial charge in [-0.2, -0.15) is 0 Å². The van der Waals surface area contributed by atoms with Crippen molar-refractivity contribution in [1.29, 1.82) is 0 Å². The minimum Gasteiger partial charge on any atom is -0.479 e. The summed E-state index contributed by atoms with van der Waals surface area (Å²) < 4.78 is 5.76. The number of carbonyl (C=O) groups is 1. The van der Waals surface area contributed by atoms with E-state index in [2.05, 4.69) is 41.9 Å². The van der Waals surface area contributed by atoms with E-state index in [1.165, 1.54) is 36.8 Å². The maximum absolute atomic E-state index is 11.9. The number of anilines is 1. The topological polar surface area (TPSA) is 62.4 Å². The van der Waals surface area contributed by atoms with E-state index in [1.807, 2.05) is 0 Å². The van der Waals surface area contributed by atoms with Crippen LogP contribution in [0.1, 0.15) is 70.0 Å². The molecule has 1 aliphatic heterocycles. The van der Waals surface area contributed by atoms with Crippen LogP contribution in [-0.2, 0) is 11.2 Å². The van der Waals surface area contributed by atoms with Crippen molar-refractivity contribution in [2.45, 2.75) is 77.5 Å². The normalized spacial score (nSPS) is 21.8. The number of nitrogens with one attached hydrogen (secondary N) is 3. The first kappa shape index (κ1) is 19.2. The second-order valence-electron chi connectivity index (χ2n) is 7.86.